The summed E-state index contributed by atoms with van der Waals surface area (Å²) in [5, 5.41) is 8.18. The van der Waals surface area contributed by atoms with Gasteiger partial charge in [-0.3, -0.25) is 9.69 Å². The molecule has 2 bridgehead atoms. The second-order valence-electron chi connectivity index (χ2n) is 9.08. The number of ether oxygens (including phenoxy) is 1. The average molecular weight is 414 g/mol. The van der Waals surface area contributed by atoms with E-state index in [1.54, 1.807) is 6.07 Å². The molecule has 2 saturated heterocycles. The summed E-state index contributed by atoms with van der Waals surface area (Å²) in [6.07, 6.45) is 1.27. The lowest BCUT2D eigenvalue weighted by atomic mass is 9.88. The Kier molecular flexibility index (Phi) is 5.79. The minimum atomic E-state index is -0.559. The Bertz CT molecular complexity index is 924. The molecular formula is C22H31N5O3. The summed E-state index contributed by atoms with van der Waals surface area (Å²) in [6.45, 7) is 6.28. The van der Waals surface area contributed by atoms with E-state index in [2.05, 4.69) is 34.3 Å². The molecule has 4 rings (SSSR count). The number of aromatic nitrogens is 2. The van der Waals surface area contributed by atoms with Crippen molar-refractivity contribution in [3.05, 3.63) is 30.0 Å². The number of rotatable bonds is 4. The average Bonchev–Trinajstić information content (AvgIpc) is 3.08. The maximum Gasteiger partial charge on any atom is 0.435 e. The fourth-order valence-corrected chi connectivity index (χ4v) is 4.63. The Morgan fingerprint density at radius 3 is 2.50 bits per heavy atom. The van der Waals surface area contributed by atoms with Crippen LogP contribution in [0.5, 0.6) is 0 Å². The smallest absolute Gasteiger partial charge is 0.435 e. The predicted molar refractivity (Wildman–Crippen MR) is 115 cm³/mol. The summed E-state index contributed by atoms with van der Waals surface area (Å²) in [5.41, 5.74) is 0.853. The first kappa shape index (κ1) is 20.8. The maximum atomic E-state index is 13.1. The number of carbonyl (C=O) groups is 2. The van der Waals surface area contributed by atoms with Crippen molar-refractivity contribution in [3.63, 3.8) is 0 Å². The van der Waals surface area contributed by atoms with Crippen LogP contribution in [0.4, 0.5) is 4.79 Å². The molecule has 30 heavy (non-hydrogen) atoms. The molecular weight excluding hydrogens is 382 g/mol. The van der Waals surface area contributed by atoms with Gasteiger partial charge in [0.1, 0.15) is 0 Å². The third kappa shape index (κ3) is 4.06. The van der Waals surface area contributed by atoms with Crippen LogP contribution in [0.2, 0.25) is 0 Å². The van der Waals surface area contributed by atoms with Crippen molar-refractivity contribution in [2.45, 2.75) is 44.8 Å². The molecule has 2 aliphatic rings. The van der Waals surface area contributed by atoms with Gasteiger partial charge in [-0.1, -0.05) is 32.0 Å². The Morgan fingerprint density at radius 1 is 1.17 bits per heavy atom. The van der Waals surface area contributed by atoms with Crippen LogP contribution in [0.15, 0.2) is 24.3 Å². The topological polar surface area (TPSA) is 79.7 Å². The number of nitrogens with one attached hydrogen (secondary N) is 1. The molecule has 2 aliphatic heterocycles. The van der Waals surface area contributed by atoms with Gasteiger partial charge in [0, 0.05) is 36.6 Å². The molecule has 2 aromatic rings. The normalized spacial score (nSPS) is 24.9. The molecule has 3 heterocycles. The number of fused-ring (bicyclic) bond motifs is 3. The molecule has 2 atom stereocenters. The quantitative estimate of drug-likeness (QED) is 0.828. The zero-order valence-electron chi connectivity index (χ0n) is 18.2. The lowest BCUT2D eigenvalue weighted by Crippen LogP contribution is -2.63. The molecule has 0 saturated carbocycles. The highest BCUT2D eigenvalue weighted by molar-refractivity contribution is 6.06. The van der Waals surface area contributed by atoms with Crippen LogP contribution in [0, 0.1) is 5.92 Å². The van der Waals surface area contributed by atoms with Gasteiger partial charge in [-0.15, -0.1) is 0 Å². The number of hydrogen-bond donors (Lipinski definition) is 1. The molecule has 1 N–H and O–H groups in total. The zero-order chi connectivity index (χ0) is 21.4. The van der Waals surface area contributed by atoms with Crippen LogP contribution in [0.25, 0.3) is 10.9 Å². The van der Waals surface area contributed by atoms with Crippen molar-refractivity contribution in [3.8, 4) is 0 Å². The van der Waals surface area contributed by atoms with Crippen molar-refractivity contribution in [2.75, 3.05) is 33.8 Å². The largest absolute Gasteiger partial charge is 0.448 e. The van der Waals surface area contributed by atoms with Crippen molar-refractivity contribution >= 4 is 22.9 Å². The SMILES string of the molecule is CC(C)COC(=O)n1nc(C(=O)NC2CC3CN(C)CC(C2)N3C)c2ccccc21. The first-order chi connectivity index (χ1) is 14.3. The van der Waals surface area contributed by atoms with Crippen LogP contribution in [-0.4, -0.2) is 83.5 Å². The Labute approximate surface area is 177 Å². The molecule has 1 aromatic heterocycles. The molecule has 162 valence electrons. The molecule has 1 aromatic carbocycles. The van der Waals surface area contributed by atoms with Crippen LogP contribution < -0.4 is 5.32 Å². The summed E-state index contributed by atoms with van der Waals surface area (Å²) < 4.78 is 6.53. The number of hydrogen-bond acceptors (Lipinski definition) is 6. The summed E-state index contributed by atoms with van der Waals surface area (Å²) in [7, 11) is 4.33. The summed E-state index contributed by atoms with van der Waals surface area (Å²) in [5.74, 6) is -0.0101. The molecule has 0 radical (unpaired) electrons. The van der Waals surface area contributed by atoms with Crippen LogP contribution in [0.3, 0.4) is 0 Å². The highest BCUT2D eigenvalue weighted by Crippen LogP contribution is 2.27. The van der Waals surface area contributed by atoms with Crippen LogP contribution >= 0.6 is 0 Å². The van der Waals surface area contributed by atoms with E-state index in [-0.39, 0.29) is 23.6 Å². The van der Waals surface area contributed by atoms with E-state index in [1.165, 1.54) is 4.68 Å². The number of likely N-dealkylation sites (N-methyl/N-ethyl adjacent to an activating group) is 2. The summed E-state index contributed by atoms with van der Waals surface area (Å²) >= 11 is 0. The fourth-order valence-electron chi connectivity index (χ4n) is 4.63. The number of likely N-dealkylation sites (tertiary alicyclic amines) is 1. The minimum Gasteiger partial charge on any atom is -0.448 e. The summed E-state index contributed by atoms with van der Waals surface area (Å²) in [6, 6.07) is 8.26. The molecule has 1 amide bonds. The molecule has 2 unspecified atom stereocenters. The lowest BCUT2D eigenvalue weighted by Gasteiger charge is -2.50. The van der Waals surface area contributed by atoms with Gasteiger partial charge in [-0.25, -0.2) is 4.79 Å². The number of carbonyl (C=O) groups excluding carboxylic acids is 2. The second kappa shape index (κ2) is 8.35. The molecule has 0 spiro atoms. The first-order valence-corrected chi connectivity index (χ1v) is 10.7. The third-order valence-electron chi connectivity index (χ3n) is 6.16. The number of nitrogens with zero attached hydrogens (tertiary/aromatic N) is 4. The first-order valence-electron chi connectivity index (χ1n) is 10.7. The van der Waals surface area contributed by atoms with E-state index >= 15 is 0 Å². The molecule has 8 nitrogen and oxygen atoms in total. The fraction of sp³-hybridized carbons (Fsp3) is 0.591. The Hall–Kier alpha value is -2.45. The van der Waals surface area contributed by atoms with Gasteiger partial charge in [-0.2, -0.15) is 9.78 Å². The van der Waals surface area contributed by atoms with E-state index < -0.39 is 6.09 Å². The van der Waals surface area contributed by atoms with Gasteiger partial charge in [0.25, 0.3) is 5.91 Å². The van der Waals surface area contributed by atoms with Crippen LogP contribution in [0.1, 0.15) is 37.2 Å². The van der Waals surface area contributed by atoms with Crippen molar-refractivity contribution in [1.29, 1.82) is 0 Å². The zero-order valence-corrected chi connectivity index (χ0v) is 18.2. The van der Waals surface area contributed by atoms with Crippen molar-refractivity contribution < 1.29 is 14.3 Å². The van der Waals surface area contributed by atoms with Gasteiger partial charge in [0.2, 0.25) is 0 Å². The number of amides is 1. The van der Waals surface area contributed by atoms with Gasteiger partial charge in [-0.05, 0) is 38.9 Å². The van der Waals surface area contributed by atoms with Gasteiger partial charge < -0.3 is 15.0 Å². The molecule has 8 heteroatoms. The molecule has 2 fully saturated rings. The van der Waals surface area contributed by atoms with Gasteiger partial charge in [0.05, 0.1) is 12.1 Å². The maximum absolute atomic E-state index is 13.1. The summed E-state index contributed by atoms with van der Waals surface area (Å²) in [4.78, 5) is 30.5. The Balaban J connectivity index is 1.53. The third-order valence-corrected chi connectivity index (χ3v) is 6.16. The highest BCUT2D eigenvalue weighted by Gasteiger charge is 2.38. The van der Waals surface area contributed by atoms with E-state index in [0.717, 1.165) is 25.9 Å². The lowest BCUT2D eigenvalue weighted by molar-refractivity contribution is 0.00837. The monoisotopic (exact) mass is 413 g/mol. The predicted octanol–water partition coefficient (Wildman–Crippen LogP) is 2.18. The van der Waals surface area contributed by atoms with Gasteiger partial charge >= 0.3 is 6.09 Å². The number of benzene rings is 1. The molecule has 0 aliphatic carbocycles. The minimum absolute atomic E-state index is 0.106. The van der Waals surface area contributed by atoms with E-state index in [0.29, 0.717) is 29.6 Å². The second-order valence-corrected chi connectivity index (χ2v) is 9.08. The number of piperazine rings is 1. The number of piperidine rings is 1. The highest BCUT2D eigenvalue weighted by atomic mass is 16.6. The standard InChI is InChI=1S/C22H31N5O3/c1-14(2)13-30-22(29)27-19-8-6-5-7-18(19)20(24-27)21(28)23-15-9-16-11-25(3)12-17(10-15)26(16)4/h5-8,14-17H,9-13H2,1-4H3,(H,23,28). The number of para-hydroxylation sites is 1. The van der Waals surface area contributed by atoms with E-state index in [4.69, 9.17) is 4.74 Å². The Morgan fingerprint density at radius 2 is 1.83 bits per heavy atom. The van der Waals surface area contributed by atoms with Crippen molar-refractivity contribution in [1.82, 2.24) is 24.9 Å². The van der Waals surface area contributed by atoms with Crippen molar-refractivity contribution in [2.24, 2.45) is 5.92 Å². The van der Waals surface area contributed by atoms with Crippen LogP contribution in [-0.2, 0) is 4.74 Å². The van der Waals surface area contributed by atoms with E-state index in [9.17, 15) is 9.59 Å². The van der Waals surface area contributed by atoms with Gasteiger partial charge in [0.15, 0.2) is 5.69 Å². The van der Waals surface area contributed by atoms with E-state index in [1.807, 2.05) is 32.0 Å².